The molecule has 0 N–H and O–H groups in total. The van der Waals surface area contributed by atoms with E-state index in [2.05, 4.69) is 276 Å². The number of hydrogen-bond acceptors (Lipinski definition) is 12. The van der Waals surface area contributed by atoms with Gasteiger partial charge in [-0.05, 0) is 159 Å². The number of fused-ring (bicyclic) bond motifs is 1. The van der Waals surface area contributed by atoms with Crippen molar-refractivity contribution in [2.75, 3.05) is 0 Å². The molecule has 0 unspecified atom stereocenters. The fraction of sp³-hybridized carbons (Fsp3) is 0.148. The second-order valence-electron chi connectivity index (χ2n) is 39.6. The van der Waals surface area contributed by atoms with Crippen LogP contribution in [0.3, 0.4) is 0 Å². The number of rotatable bonds is 18. The normalized spacial score (nSPS) is 10.7. The Morgan fingerprint density at radius 3 is 0.840 bits per heavy atom. The Morgan fingerprint density at radius 1 is 0.247 bits per heavy atom. The van der Waals surface area contributed by atoms with Gasteiger partial charge < -0.3 is 54.1 Å². The monoisotopic (exact) mass is 2750 g/mol. The molecule has 0 saturated heterocycles. The molecule has 11 aromatic carbocycles. The van der Waals surface area contributed by atoms with Crippen LogP contribution >= 0.6 is 0 Å². The SMILES string of the molecule is CC(C)(C)c1cc(-c2[c-]ccc(Oc3ccccc3)c2)ncc1[Si](C)(C)C.Cc1cc(-c2[c-]cc3ccccc3c2)ncc1[Si](C)(C)C.Cc1cc(-c2[c-]ccc(Oc3ccccc3)c2)ncc1[Si](C)(C)C.Cc1cc(-c2[c-]ccc(Oc3ccccc3)c2)ncc1[Si](C)(C)C.Fc1c[c-]c(-c2ccccn2)c(F)n1.[Ir].[Ir].[Ir].[Ir].[c-]1ccccc1-c1ccccn1.[c-]1ccccc1-c1ccccn1.[c-]1ccccc1-c1ccccn1. The van der Waals surface area contributed by atoms with Crippen molar-refractivity contribution in [2.24, 2.45) is 0 Å². The minimum Gasteiger partial charge on any atom is -0.477 e. The van der Waals surface area contributed by atoms with Crippen LogP contribution in [0.4, 0.5) is 8.78 Å². The van der Waals surface area contributed by atoms with Crippen LogP contribution in [0.5, 0.6) is 34.5 Å². The summed E-state index contributed by atoms with van der Waals surface area (Å²) in [6.07, 6.45) is 15.1. The van der Waals surface area contributed by atoms with Crippen LogP contribution in [0, 0.1) is 81.2 Å². The molecular formula is C128H121F2Ir4N9O3Si4-8. The molecule has 0 saturated carbocycles. The molecule has 4 radical (unpaired) electrons. The molecule has 150 heavy (non-hydrogen) atoms. The van der Waals surface area contributed by atoms with Gasteiger partial charge in [-0.2, -0.15) is 0 Å². The Morgan fingerprint density at radius 2 is 0.540 bits per heavy atom. The summed E-state index contributed by atoms with van der Waals surface area (Å²) in [6, 6.07) is 140. The van der Waals surface area contributed by atoms with Crippen LogP contribution < -0.4 is 35.0 Å². The smallest absolute Gasteiger partial charge is 0.128 e. The van der Waals surface area contributed by atoms with Gasteiger partial charge in [-0.25, -0.2) is 8.78 Å². The van der Waals surface area contributed by atoms with Crippen molar-refractivity contribution in [1.82, 2.24) is 44.9 Å². The summed E-state index contributed by atoms with van der Waals surface area (Å²) >= 11 is 0. The van der Waals surface area contributed by atoms with Gasteiger partial charge in [0, 0.05) is 147 Å². The van der Waals surface area contributed by atoms with Crippen LogP contribution in [0.15, 0.2) is 407 Å². The van der Waals surface area contributed by atoms with Gasteiger partial charge in [0.1, 0.15) is 29.1 Å². The molecule has 0 fully saturated rings. The zero-order valence-corrected chi connectivity index (χ0v) is 101. The fourth-order valence-electron chi connectivity index (χ4n) is 15.7. The summed E-state index contributed by atoms with van der Waals surface area (Å²) in [5.41, 5.74) is 19.7. The van der Waals surface area contributed by atoms with E-state index in [-0.39, 0.29) is 91.4 Å². The van der Waals surface area contributed by atoms with Crippen molar-refractivity contribution >= 4 is 63.8 Å². The molecule has 22 heteroatoms. The third-order valence-corrected chi connectivity index (χ3v) is 31.4. The van der Waals surface area contributed by atoms with Crippen molar-refractivity contribution < 1.29 is 103 Å². The van der Waals surface area contributed by atoms with Gasteiger partial charge in [-0.15, -0.1) is 232 Å². The Kier molecular flexibility index (Phi) is 46.7. The maximum absolute atomic E-state index is 13.1. The maximum Gasteiger partial charge on any atom is 0.128 e. The predicted molar refractivity (Wildman–Crippen MR) is 608 cm³/mol. The topological polar surface area (TPSA) is 144 Å². The minimum atomic E-state index is -1.47. The number of halogens is 2. The van der Waals surface area contributed by atoms with Gasteiger partial charge in [0.15, 0.2) is 0 Å². The average molecular weight is 2750 g/mol. The molecule has 0 spiro atoms. The molecule has 0 amide bonds. The quantitative estimate of drug-likeness (QED) is 0.0458. The summed E-state index contributed by atoms with van der Waals surface area (Å²) in [5.74, 6) is 3.08. The average Bonchev–Trinajstić information content (AvgIpc) is 0.783. The third-order valence-electron chi connectivity index (χ3n) is 22.9. The van der Waals surface area contributed by atoms with E-state index in [9.17, 15) is 8.78 Å². The van der Waals surface area contributed by atoms with Crippen LogP contribution in [-0.4, -0.2) is 77.2 Å². The standard InChI is InChI=1S/C24H28NOSi.2C21H22NOSi.C19H20NSi.3C11H8N.C10H5F2N2.4Ir/c1-24(2,3)21-16-22(25-17-23(21)27(4,5)6)18-11-10-14-20(15-18)26-19-12-8-7-9-13-19;2*1-16-13-20(22-15-21(16)24(2,3)4)17-9-8-12-19(14-17)23-18-10-6-5-7-11-18;1-14-11-18(20-13-19(14)21(2,3)4)17-10-9-15-7-5-6-8-16(15)12-17;3*1-2-6-10(7-3-1)11-8-4-5-9-12-11;11-9-5-4-7(10(12)14-9)8-3-1-2-6-13-8;;;;/h7-10,12-17H,1-6H3;2*5-8,10-15H,1-4H3;5-9,11-13H,1-4H3;3*1-6,8-9H;1-3,5-6H;;;;/q8*-1;;;;. The molecule has 20 rings (SSSR count). The Hall–Kier alpha value is -13.2. The van der Waals surface area contributed by atoms with E-state index in [1.54, 1.807) is 36.8 Å². The molecule has 20 aromatic rings. The Labute approximate surface area is 943 Å². The molecule has 0 bridgehead atoms. The van der Waals surface area contributed by atoms with Crippen molar-refractivity contribution in [3.8, 4) is 125 Å². The van der Waals surface area contributed by atoms with Gasteiger partial charge in [0.25, 0.3) is 0 Å². The molecule has 770 valence electrons. The molecule has 0 aliphatic heterocycles. The van der Waals surface area contributed by atoms with Gasteiger partial charge in [0.05, 0.1) is 32.3 Å². The first-order chi connectivity index (χ1) is 70.1. The number of hydrogen-bond donors (Lipinski definition) is 0. The van der Waals surface area contributed by atoms with Crippen molar-refractivity contribution in [3.63, 3.8) is 0 Å². The second-order valence-corrected chi connectivity index (χ2v) is 59.8. The van der Waals surface area contributed by atoms with Crippen LogP contribution in [0.25, 0.3) is 101 Å². The summed E-state index contributed by atoms with van der Waals surface area (Å²) in [4.78, 5) is 38.4. The summed E-state index contributed by atoms with van der Waals surface area (Å²) in [5, 5.41) is 8.13. The number of benzene rings is 11. The van der Waals surface area contributed by atoms with E-state index in [0.717, 1.165) is 119 Å². The Bertz CT molecular complexity index is 7090. The third kappa shape index (κ3) is 36.9. The van der Waals surface area contributed by atoms with E-state index < -0.39 is 44.2 Å². The van der Waals surface area contributed by atoms with E-state index in [1.807, 2.05) is 291 Å². The first kappa shape index (κ1) is 120. The summed E-state index contributed by atoms with van der Waals surface area (Å²) in [7, 11) is -5.51. The zero-order valence-electron chi connectivity index (χ0n) is 87.5. The van der Waals surface area contributed by atoms with E-state index >= 15 is 0 Å². The molecule has 0 aliphatic carbocycles. The first-order valence-corrected chi connectivity index (χ1v) is 62.5. The van der Waals surface area contributed by atoms with E-state index in [4.69, 9.17) is 19.2 Å². The molecule has 9 aromatic heterocycles. The number of nitrogens with zero attached hydrogens (tertiary/aromatic N) is 9. The number of ether oxygens (including phenoxy) is 3. The number of aromatic nitrogens is 9. The van der Waals surface area contributed by atoms with Crippen molar-refractivity contribution in [2.45, 2.75) is 126 Å². The van der Waals surface area contributed by atoms with Gasteiger partial charge in [-0.1, -0.05) is 285 Å². The van der Waals surface area contributed by atoms with Crippen molar-refractivity contribution in [1.29, 1.82) is 0 Å². The Balaban J connectivity index is 0.000000193. The predicted octanol–water partition coefficient (Wildman–Crippen LogP) is 31.0. The zero-order chi connectivity index (χ0) is 104. The molecule has 9 heterocycles. The number of para-hydroxylation sites is 3. The van der Waals surface area contributed by atoms with E-state index in [0.29, 0.717) is 5.69 Å². The molecule has 0 aliphatic rings. The van der Waals surface area contributed by atoms with E-state index in [1.165, 1.54) is 60.0 Å². The number of pyridine rings is 9. The maximum atomic E-state index is 13.1. The second kappa shape index (κ2) is 58.2. The first-order valence-electron chi connectivity index (χ1n) is 48.5. The van der Waals surface area contributed by atoms with Crippen LogP contribution in [0.1, 0.15) is 43.0 Å². The fourth-order valence-corrected chi connectivity index (χ4v) is 22.5. The largest absolute Gasteiger partial charge is 0.477 e. The van der Waals surface area contributed by atoms with Crippen LogP contribution in [0.2, 0.25) is 78.6 Å². The molecule has 0 atom stereocenters. The van der Waals surface area contributed by atoms with Crippen molar-refractivity contribution in [3.05, 3.63) is 490 Å². The van der Waals surface area contributed by atoms with Crippen LogP contribution in [-0.2, 0) is 85.8 Å². The molecular weight excluding hydrogens is 2630 g/mol. The summed E-state index contributed by atoms with van der Waals surface area (Å²) < 4.78 is 43.4. The van der Waals surface area contributed by atoms with Gasteiger partial charge >= 0.3 is 0 Å². The van der Waals surface area contributed by atoms with Gasteiger partial charge in [0.2, 0.25) is 0 Å². The number of aryl methyl sites for hydroxylation is 3. The van der Waals surface area contributed by atoms with Gasteiger partial charge in [-0.3, -0.25) is 4.98 Å². The molecule has 12 nitrogen and oxygen atoms in total. The minimum absolute atomic E-state index is 0. The summed E-state index contributed by atoms with van der Waals surface area (Å²) in [6.45, 7) is 41.6.